The van der Waals surface area contributed by atoms with Gasteiger partial charge in [0.15, 0.2) is 5.82 Å². The molecule has 2 amide bonds. The zero-order valence-corrected chi connectivity index (χ0v) is 19.9. The first kappa shape index (κ1) is 24.0. The molecule has 0 radical (unpaired) electrons. The lowest BCUT2D eigenvalue weighted by Crippen LogP contribution is -2.34. The van der Waals surface area contributed by atoms with E-state index in [0.717, 1.165) is 10.6 Å². The largest absolute Gasteiger partial charge is 0.497 e. The van der Waals surface area contributed by atoms with Crippen LogP contribution in [0.1, 0.15) is 26.5 Å². The van der Waals surface area contributed by atoms with Gasteiger partial charge in [0.2, 0.25) is 0 Å². The fourth-order valence-electron chi connectivity index (χ4n) is 3.28. The zero-order valence-electron chi connectivity index (χ0n) is 19.0. The van der Waals surface area contributed by atoms with E-state index >= 15 is 0 Å². The predicted octanol–water partition coefficient (Wildman–Crippen LogP) is 3.12. The third-order valence-electron chi connectivity index (χ3n) is 5.07. The second kappa shape index (κ2) is 11.8. The molecule has 4 aromatic rings. The molecular weight excluding hydrogens is 464 g/mol. The van der Waals surface area contributed by atoms with Gasteiger partial charge in [0.25, 0.3) is 11.8 Å². The molecule has 4 rings (SSSR count). The Morgan fingerprint density at radius 2 is 1.57 bits per heavy atom. The third kappa shape index (κ3) is 6.24. The maximum atomic E-state index is 12.8. The molecule has 1 aromatic heterocycles. The molecule has 0 saturated carbocycles. The van der Waals surface area contributed by atoms with Crippen molar-refractivity contribution in [3.05, 3.63) is 95.8 Å². The van der Waals surface area contributed by atoms with Gasteiger partial charge in [0.05, 0.1) is 24.1 Å². The lowest BCUT2D eigenvalue weighted by molar-refractivity contribution is 0.0926. The maximum Gasteiger partial charge on any atom is 0.252 e. The molecule has 0 unspecified atom stereocenters. The summed E-state index contributed by atoms with van der Waals surface area (Å²) in [7, 11) is 1.57. The van der Waals surface area contributed by atoms with Crippen molar-refractivity contribution >= 4 is 23.6 Å². The van der Waals surface area contributed by atoms with Gasteiger partial charge in [-0.05, 0) is 59.0 Å². The SMILES string of the molecule is COc1ccc(C(=O)NCCNC(=O)c2ccccc2SCc2nnnn2-c2ccccc2)cc1. The number of aromatic nitrogens is 4. The van der Waals surface area contributed by atoms with E-state index in [0.29, 0.717) is 41.5 Å². The summed E-state index contributed by atoms with van der Waals surface area (Å²) >= 11 is 1.48. The lowest BCUT2D eigenvalue weighted by atomic mass is 10.2. The number of thioether (sulfide) groups is 1. The van der Waals surface area contributed by atoms with E-state index in [1.165, 1.54) is 11.8 Å². The first-order valence-electron chi connectivity index (χ1n) is 10.9. The second-order valence-corrected chi connectivity index (χ2v) is 8.38. The van der Waals surface area contributed by atoms with Crippen LogP contribution in [-0.2, 0) is 5.75 Å². The van der Waals surface area contributed by atoms with Crippen LogP contribution in [0.5, 0.6) is 5.75 Å². The molecule has 10 heteroatoms. The Hall–Kier alpha value is -4.18. The molecule has 0 bridgehead atoms. The van der Waals surface area contributed by atoms with Crippen molar-refractivity contribution in [3.63, 3.8) is 0 Å². The van der Waals surface area contributed by atoms with Gasteiger partial charge in [-0.25, -0.2) is 0 Å². The molecule has 35 heavy (non-hydrogen) atoms. The van der Waals surface area contributed by atoms with E-state index < -0.39 is 0 Å². The lowest BCUT2D eigenvalue weighted by Gasteiger charge is -2.11. The number of hydrogen-bond donors (Lipinski definition) is 2. The van der Waals surface area contributed by atoms with Gasteiger partial charge in [-0.1, -0.05) is 30.3 Å². The normalized spacial score (nSPS) is 10.5. The Bertz CT molecular complexity index is 1280. The fraction of sp³-hybridized carbons (Fsp3) is 0.160. The number of para-hydroxylation sites is 1. The summed E-state index contributed by atoms with van der Waals surface area (Å²) in [5.41, 5.74) is 1.95. The number of benzene rings is 3. The zero-order chi connectivity index (χ0) is 24.5. The van der Waals surface area contributed by atoms with Crippen LogP contribution >= 0.6 is 11.8 Å². The molecule has 178 valence electrons. The molecule has 0 saturated heterocycles. The highest BCUT2D eigenvalue weighted by molar-refractivity contribution is 7.98. The topological polar surface area (TPSA) is 111 Å². The summed E-state index contributed by atoms with van der Waals surface area (Å²) in [6.07, 6.45) is 0. The van der Waals surface area contributed by atoms with Crippen LogP contribution in [0, 0.1) is 0 Å². The van der Waals surface area contributed by atoms with Crippen LogP contribution in [0.25, 0.3) is 5.69 Å². The van der Waals surface area contributed by atoms with Crippen LogP contribution in [0.3, 0.4) is 0 Å². The van der Waals surface area contributed by atoms with Gasteiger partial charge >= 0.3 is 0 Å². The quantitative estimate of drug-likeness (QED) is 0.261. The average Bonchev–Trinajstić information content (AvgIpc) is 3.39. The average molecular weight is 489 g/mol. The molecule has 0 aliphatic carbocycles. The Labute approximate surface area is 206 Å². The number of tetrazole rings is 1. The molecule has 1 heterocycles. The van der Waals surface area contributed by atoms with Crippen molar-refractivity contribution in [2.45, 2.75) is 10.6 Å². The fourth-order valence-corrected chi connectivity index (χ4v) is 4.24. The maximum absolute atomic E-state index is 12.8. The van der Waals surface area contributed by atoms with Crippen molar-refractivity contribution in [1.29, 1.82) is 0 Å². The van der Waals surface area contributed by atoms with Crippen molar-refractivity contribution in [2.24, 2.45) is 0 Å². The summed E-state index contributed by atoms with van der Waals surface area (Å²) in [6.45, 7) is 0.601. The van der Waals surface area contributed by atoms with Crippen LogP contribution in [-0.4, -0.2) is 52.2 Å². The molecular formula is C25H24N6O3S. The van der Waals surface area contributed by atoms with Gasteiger partial charge in [0.1, 0.15) is 5.75 Å². The number of carbonyl (C=O) groups is 2. The minimum Gasteiger partial charge on any atom is -0.497 e. The first-order chi connectivity index (χ1) is 17.2. The Morgan fingerprint density at radius 1 is 0.886 bits per heavy atom. The molecule has 0 aliphatic rings. The minimum absolute atomic E-state index is 0.213. The molecule has 0 fully saturated rings. The minimum atomic E-state index is -0.214. The summed E-state index contributed by atoms with van der Waals surface area (Å²) in [6, 6.07) is 23.8. The van der Waals surface area contributed by atoms with Crippen LogP contribution in [0.15, 0.2) is 83.8 Å². The van der Waals surface area contributed by atoms with Crippen LogP contribution < -0.4 is 15.4 Å². The number of nitrogens with one attached hydrogen (secondary N) is 2. The number of methoxy groups -OCH3 is 1. The van der Waals surface area contributed by atoms with Crippen LogP contribution in [0.2, 0.25) is 0 Å². The van der Waals surface area contributed by atoms with Crippen molar-refractivity contribution < 1.29 is 14.3 Å². The standard InChI is InChI=1S/C25H24N6O3S/c1-34-20-13-11-18(12-14-20)24(32)26-15-16-27-25(33)21-9-5-6-10-22(21)35-17-23-28-29-30-31(23)19-7-3-2-4-8-19/h2-14H,15-17H2,1H3,(H,26,32)(H,27,33). The van der Waals surface area contributed by atoms with Crippen LogP contribution in [0.4, 0.5) is 0 Å². The molecule has 0 spiro atoms. The van der Waals surface area contributed by atoms with Crippen molar-refractivity contribution in [3.8, 4) is 11.4 Å². The number of ether oxygens (including phenoxy) is 1. The van der Waals surface area contributed by atoms with E-state index in [-0.39, 0.29) is 11.8 Å². The highest BCUT2D eigenvalue weighted by Crippen LogP contribution is 2.26. The number of hydrogen-bond acceptors (Lipinski definition) is 7. The summed E-state index contributed by atoms with van der Waals surface area (Å²) in [5.74, 6) is 1.42. The molecule has 0 atom stereocenters. The van der Waals surface area contributed by atoms with E-state index in [1.54, 1.807) is 42.1 Å². The molecule has 2 N–H and O–H groups in total. The summed E-state index contributed by atoms with van der Waals surface area (Å²) in [5, 5.41) is 17.7. The van der Waals surface area contributed by atoms with Gasteiger partial charge < -0.3 is 15.4 Å². The van der Waals surface area contributed by atoms with Gasteiger partial charge in [-0.3, -0.25) is 9.59 Å². The molecule has 0 aliphatic heterocycles. The number of rotatable bonds is 10. The van der Waals surface area contributed by atoms with Crippen molar-refractivity contribution in [2.75, 3.05) is 20.2 Å². The third-order valence-corrected chi connectivity index (χ3v) is 6.14. The first-order valence-corrected chi connectivity index (χ1v) is 11.9. The monoisotopic (exact) mass is 488 g/mol. The number of amides is 2. The number of carbonyl (C=O) groups excluding carboxylic acids is 2. The van der Waals surface area contributed by atoms with Crippen molar-refractivity contribution in [1.82, 2.24) is 30.8 Å². The van der Waals surface area contributed by atoms with E-state index in [9.17, 15) is 9.59 Å². The highest BCUT2D eigenvalue weighted by Gasteiger charge is 2.14. The Balaban J connectivity index is 1.30. The van der Waals surface area contributed by atoms with E-state index in [4.69, 9.17) is 4.74 Å². The molecule has 3 aromatic carbocycles. The summed E-state index contributed by atoms with van der Waals surface area (Å²) < 4.78 is 6.78. The van der Waals surface area contributed by atoms with Gasteiger partial charge in [0, 0.05) is 23.5 Å². The van der Waals surface area contributed by atoms with E-state index in [2.05, 4.69) is 26.2 Å². The molecule has 9 nitrogen and oxygen atoms in total. The summed E-state index contributed by atoms with van der Waals surface area (Å²) in [4.78, 5) is 25.9. The Kier molecular flexibility index (Phi) is 8.08. The number of nitrogens with zero attached hydrogens (tertiary/aromatic N) is 4. The highest BCUT2D eigenvalue weighted by atomic mass is 32.2. The van der Waals surface area contributed by atoms with Gasteiger partial charge in [-0.15, -0.1) is 16.9 Å². The Morgan fingerprint density at radius 3 is 2.31 bits per heavy atom. The second-order valence-electron chi connectivity index (χ2n) is 7.37. The van der Waals surface area contributed by atoms with Gasteiger partial charge in [-0.2, -0.15) is 4.68 Å². The smallest absolute Gasteiger partial charge is 0.252 e. The van der Waals surface area contributed by atoms with E-state index in [1.807, 2.05) is 48.5 Å². The predicted molar refractivity (Wildman–Crippen MR) is 133 cm³/mol.